The Hall–Kier alpha value is -3.47. The Morgan fingerprint density at radius 1 is 1.36 bits per heavy atom. The molecule has 0 spiro atoms. The van der Waals surface area contributed by atoms with Gasteiger partial charge in [-0.15, -0.1) is 0 Å². The second-order valence-electron chi connectivity index (χ2n) is 5.38. The van der Waals surface area contributed by atoms with Crippen LogP contribution in [0.3, 0.4) is 0 Å². The number of nitrogens with one attached hydrogen (secondary N) is 1. The van der Waals surface area contributed by atoms with Crippen molar-refractivity contribution in [2.45, 2.75) is 12.8 Å². The quantitative estimate of drug-likeness (QED) is 0.863. The normalized spacial score (nSPS) is 15.8. The maximum absolute atomic E-state index is 12.6. The van der Waals surface area contributed by atoms with Crippen LogP contribution in [0.1, 0.15) is 22.9 Å². The molecule has 2 heterocycles. The van der Waals surface area contributed by atoms with Gasteiger partial charge in [-0.2, -0.15) is 10.2 Å². The molecule has 0 fully saturated rings. The maximum atomic E-state index is 12.6. The number of para-hydroxylation sites is 1. The lowest BCUT2D eigenvalue weighted by Crippen LogP contribution is -2.29. The number of aromatic nitrogens is 2. The van der Waals surface area contributed by atoms with Gasteiger partial charge in [0.25, 0.3) is 5.56 Å². The van der Waals surface area contributed by atoms with E-state index in [1.54, 1.807) is 25.1 Å². The molecule has 1 aromatic heterocycles. The highest BCUT2D eigenvalue weighted by Gasteiger charge is 2.36. The number of methoxy groups -OCH3 is 2. The smallest absolute Gasteiger partial charge is 0.258 e. The minimum Gasteiger partial charge on any atom is -0.493 e. The number of benzene rings is 1. The second-order valence-corrected chi connectivity index (χ2v) is 5.38. The van der Waals surface area contributed by atoms with Crippen LogP contribution in [0.5, 0.6) is 17.4 Å². The van der Waals surface area contributed by atoms with Crippen molar-refractivity contribution in [2.75, 3.05) is 14.2 Å². The molecule has 1 aromatic carbocycles. The maximum Gasteiger partial charge on any atom is 0.258 e. The highest BCUT2D eigenvalue weighted by atomic mass is 16.5. The number of ether oxygens (including phenoxy) is 3. The molecule has 1 unspecified atom stereocenters. The fourth-order valence-electron chi connectivity index (χ4n) is 2.92. The number of H-pyrrole nitrogens is 1. The molecule has 0 aliphatic carbocycles. The van der Waals surface area contributed by atoms with Crippen molar-refractivity contribution in [3.8, 4) is 23.4 Å². The molecule has 8 nitrogen and oxygen atoms in total. The standard InChI is InChI=1S/C17H16N4O4/c1-8-20-16(22)13-12(10(7-18)15(19)25-17(13)21-8)9-5-4-6-11(23-2)14(9)24-3/h4-6,12H,19H2,1-3H3,(H,20,21,22). The average molecular weight is 340 g/mol. The zero-order valence-corrected chi connectivity index (χ0v) is 13.9. The number of hydrogen-bond donors (Lipinski definition) is 2. The third kappa shape index (κ3) is 2.55. The molecular weight excluding hydrogens is 324 g/mol. The minimum absolute atomic E-state index is 0.0765. The van der Waals surface area contributed by atoms with E-state index in [1.807, 2.05) is 6.07 Å². The van der Waals surface area contributed by atoms with Gasteiger partial charge in [0, 0.05) is 5.56 Å². The SMILES string of the molecule is COc1cccc(C2C(C#N)=C(N)Oc3nc(C)[nH]c(=O)c32)c1OC. The molecule has 1 aliphatic heterocycles. The van der Waals surface area contributed by atoms with E-state index in [0.29, 0.717) is 22.9 Å². The molecule has 0 saturated heterocycles. The van der Waals surface area contributed by atoms with Gasteiger partial charge in [-0.3, -0.25) is 4.79 Å². The van der Waals surface area contributed by atoms with Crippen molar-refractivity contribution >= 4 is 0 Å². The lowest BCUT2D eigenvalue weighted by atomic mass is 9.84. The summed E-state index contributed by atoms with van der Waals surface area (Å²) in [5.41, 5.74) is 6.36. The summed E-state index contributed by atoms with van der Waals surface area (Å²) in [4.78, 5) is 19.4. The molecule has 0 radical (unpaired) electrons. The Labute approximate surface area is 143 Å². The molecule has 2 aromatic rings. The molecular formula is C17H16N4O4. The van der Waals surface area contributed by atoms with Gasteiger partial charge in [0.15, 0.2) is 11.5 Å². The van der Waals surface area contributed by atoms with Crippen molar-refractivity contribution in [3.63, 3.8) is 0 Å². The Balaban J connectivity index is 2.36. The predicted octanol–water partition coefficient (Wildman–Crippen LogP) is 1.31. The summed E-state index contributed by atoms with van der Waals surface area (Å²) in [7, 11) is 2.99. The highest BCUT2D eigenvalue weighted by molar-refractivity contribution is 5.59. The van der Waals surface area contributed by atoms with Crippen LogP contribution in [-0.4, -0.2) is 24.2 Å². The van der Waals surface area contributed by atoms with Gasteiger partial charge >= 0.3 is 0 Å². The summed E-state index contributed by atoms with van der Waals surface area (Å²) < 4.78 is 16.2. The number of aromatic amines is 1. The number of allylic oxidation sites excluding steroid dienone is 1. The van der Waals surface area contributed by atoms with E-state index in [2.05, 4.69) is 9.97 Å². The zero-order valence-electron chi connectivity index (χ0n) is 13.9. The zero-order chi connectivity index (χ0) is 18.1. The van der Waals surface area contributed by atoms with E-state index < -0.39 is 11.5 Å². The number of aryl methyl sites for hydroxylation is 1. The Morgan fingerprint density at radius 3 is 2.76 bits per heavy atom. The van der Waals surface area contributed by atoms with E-state index in [4.69, 9.17) is 19.9 Å². The van der Waals surface area contributed by atoms with Crippen LogP contribution in [0.2, 0.25) is 0 Å². The van der Waals surface area contributed by atoms with Crippen LogP contribution >= 0.6 is 0 Å². The molecule has 1 atom stereocenters. The molecule has 3 N–H and O–H groups in total. The number of rotatable bonds is 3. The van der Waals surface area contributed by atoms with Gasteiger partial charge in [0.2, 0.25) is 11.8 Å². The highest BCUT2D eigenvalue weighted by Crippen LogP contribution is 2.45. The largest absolute Gasteiger partial charge is 0.493 e. The summed E-state index contributed by atoms with van der Waals surface area (Å²) >= 11 is 0. The van der Waals surface area contributed by atoms with Crippen molar-refractivity contribution in [1.29, 1.82) is 5.26 Å². The van der Waals surface area contributed by atoms with Crippen LogP contribution in [0, 0.1) is 18.3 Å². The average Bonchev–Trinajstić information content (AvgIpc) is 2.59. The molecule has 8 heteroatoms. The number of hydrogen-bond acceptors (Lipinski definition) is 7. The van der Waals surface area contributed by atoms with E-state index in [0.717, 1.165) is 0 Å². The minimum atomic E-state index is -0.782. The van der Waals surface area contributed by atoms with E-state index in [9.17, 15) is 10.1 Å². The molecule has 128 valence electrons. The predicted molar refractivity (Wildman–Crippen MR) is 88.4 cm³/mol. The topological polar surface area (TPSA) is 123 Å². The lowest BCUT2D eigenvalue weighted by Gasteiger charge is -2.26. The fraction of sp³-hybridized carbons (Fsp3) is 0.235. The van der Waals surface area contributed by atoms with Gasteiger partial charge in [-0.05, 0) is 13.0 Å². The van der Waals surface area contributed by atoms with Crippen molar-refractivity contribution in [3.05, 3.63) is 57.0 Å². The van der Waals surface area contributed by atoms with Gasteiger partial charge in [-0.25, -0.2) is 0 Å². The molecule has 3 rings (SSSR count). The van der Waals surface area contributed by atoms with E-state index in [1.165, 1.54) is 14.2 Å². The van der Waals surface area contributed by atoms with E-state index in [-0.39, 0.29) is 22.9 Å². The van der Waals surface area contributed by atoms with Crippen LogP contribution < -0.4 is 25.5 Å². The number of nitriles is 1. The third-order valence-corrected chi connectivity index (χ3v) is 3.95. The van der Waals surface area contributed by atoms with Crippen LogP contribution in [-0.2, 0) is 0 Å². The second kappa shape index (κ2) is 6.20. The Kier molecular flexibility index (Phi) is 4.07. The summed E-state index contributed by atoms with van der Waals surface area (Å²) in [5, 5.41) is 9.58. The van der Waals surface area contributed by atoms with Crippen molar-refractivity contribution in [2.24, 2.45) is 5.73 Å². The molecule has 0 saturated carbocycles. The third-order valence-electron chi connectivity index (χ3n) is 3.95. The summed E-state index contributed by atoms with van der Waals surface area (Å²) in [6.07, 6.45) is 0. The molecule has 0 bridgehead atoms. The fourth-order valence-corrected chi connectivity index (χ4v) is 2.92. The van der Waals surface area contributed by atoms with Crippen LogP contribution in [0.15, 0.2) is 34.4 Å². The summed E-state index contributed by atoms with van der Waals surface area (Å²) in [5.74, 6) is 0.461. The summed E-state index contributed by atoms with van der Waals surface area (Å²) in [6, 6.07) is 7.23. The van der Waals surface area contributed by atoms with E-state index >= 15 is 0 Å². The van der Waals surface area contributed by atoms with Gasteiger partial charge in [0.1, 0.15) is 17.5 Å². The number of fused-ring (bicyclic) bond motifs is 1. The Bertz CT molecular complexity index is 972. The molecule has 1 aliphatic rings. The van der Waals surface area contributed by atoms with Crippen LogP contribution in [0.25, 0.3) is 0 Å². The first-order valence-corrected chi connectivity index (χ1v) is 7.41. The number of nitrogens with two attached hydrogens (primary N) is 1. The van der Waals surface area contributed by atoms with Crippen molar-refractivity contribution < 1.29 is 14.2 Å². The molecule has 25 heavy (non-hydrogen) atoms. The van der Waals surface area contributed by atoms with Crippen LogP contribution in [0.4, 0.5) is 0 Å². The first kappa shape index (κ1) is 16.4. The first-order valence-electron chi connectivity index (χ1n) is 7.41. The van der Waals surface area contributed by atoms with Gasteiger partial charge in [-0.1, -0.05) is 12.1 Å². The van der Waals surface area contributed by atoms with Gasteiger partial charge < -0.3 is 24.9 Å². The molecule has 0 amide bonds. The lowest BCUT2D eigenvalue weighted by molar-refractivity contribution is 0.347. The van der Waals surface area contributed by atoms with Crippen molar-refractivity contribution in [1.82, 2.24) is 9.97 Å². The number of nitrogens with zero attached hydrogens (tertiary/aromatic N) is 2. The van der Waals surface area contributed by atoms with Gasteiger partial charge in [0.05, 0.1) is 25.7 Å². The monoisotopic (exact) mass is 340 g/mol. The Morgan fingerprint density at radius 2 is 2.12 bits per heavy atom. The first-order chi connectivity index (χ1) is 12.0. The summed E-state index contributed by atoms with van der Waals surface area (Å²) in [6.45, 7) is 1.63.